The van der Waals surface area contributed by atoms with Gasteiger partial charge in [-0.15, -0.1) is 5.10 Å². The molecule has 8 heteroatoms. The quantitative estimate of drug-likeness (QED) is 0.807. The topological polar surface area (TPSA) is 43.6 Å². The molecule has 0 aliphatic carbocycles. The Morgan fingerprint density at radius 3 is 2.61 bits per heavy atom. The Labute approximate surface area is 105 Å². The summed E-state index contributed by atoms with van der Waals surface area (Å²) < 4.78 is 39.6. The molecule has 0 saturated carbocycles. The first-order valence-corrected chi connectivity index (χ1v) is 5.97. The van der Waals surface area contributed by atoms with Crippen molar-refractivity contribution in [3.8, 4) is 0 Å². The van der Waals surface area contributed by atoms with Gasteiger partial charge < -0.3 is 0 Å². The molecule has 1 heterocycles. The molecule has 0 radical (unpaired) electrons. The molecule has 18 heavy (non-hydrogen) atoms. The van der Waals surface area contributed by atoms with Crippen LogP contribution in [0.4, 0.5) is 13.2 Å². The number of alkyl halides is 3. The van der Waals surface area contributed by atoms with Crippen LogP contribution in [0.3, 0.4) is 0 Å². The molecule has 0 N–H and O–H groups in total. The van der Waals surface area contributed by atoms with E-state index in [2.05, 4.69) is 15.5 Å². The van der Waals surface area contributed by atoms with Crippen LogP contribution < -0.4 is 0 Å². The number of aromatic nitrogens is 4. The lowest BCUT2D eigenvalue weighted by molar-refractivity contribution is -0.138. The van der Waals surface area contributed by atoms with Crippen molar-refractivity contribution in [1.82, 2.24) is 20.2 Å². The number of tetrazole rings is 1. The van der Waals surface area contributed by atoms with E-state index in [1.54, 1.807) is 13.1 Å². The Kier molecular flexibility index (Phi) is 3.55. The van der Waals surface area contributed by atoms with E-state index in [9.17, 15) is 13.2 Å². The van der Waals surface area contributed by atoms with Crippen molar-refractivity contribution in [2.75, 3.05) is 0 Å². The zero-order chi connectivity index (χ0) is 13.2. The minimum Gasteiger partial charge on any atom is -0.224 e. The fourth-order valence-electron chi connectivity index (χ4n) is 1.41. The molecular weight excluding hydrogens is 265 g/mol. The lowest BCUT2D eigenvalue weighted by atomic mass is 10.1. The lowest BCUT2D eigenvalue weighted by Gasteiger charge is -2.11. The van der Waals surface area contributed by atoms with Gasteiger partial charge in [-0.05, 0) is 22.1 Å². The molecule has 0 spiro atoms. The third-order valence-electron chi connectivity index (χ3n) is 2.26. The second-order valence-corrected chi connectivity index (χ2v) is 4.47. The van der Waals surface area contributed by atoms with Gasteiger partial charge in [-0.3, -0.25) is 0 Å². The first kappa shape index (κ1) is 12.9. The molecule has 0 unspecified atom stereocenters. The first-order chi connectivity index (χ1) is 8.48. The number of aryl methyl sites for hydroxylation is 1. The van der Waals surface area contributed by atoms with Crippen LogP contribution in [0.2, 0.25) is 0 Å². The Hall–Kier alpha value is -1.57. The summed E-state index contributed by atoms with van der Waals surface area (Å²) in [4.78, 5) is 0. The van der Waals surface area contributed by atoms with E-state index in [1.165, 1.54) is 16.8 Å². The number of nitrogens with zero attached hydrogens (tertiary/aromatic N) is 4. The van der Waals surface area contributed by atoms with Gasteiger partial charge in [0, 0.05) is 12.8 Å². The minimum atomic E-state index is -4.34. The van der Waals surface area contributed by atoms with Crippen molar-refractivity contribution in [3.63, 3.8) is 0 Å². The average Bonchev–Trinajstić information content (AvgIpc) is 2.71. The smallest absolute Gasteiger partial charge is 0.224 e. The molecule has 0 aliphatic rings. The zero-order valence-electron chi connectivity index (χ0n) is 9.35. The highest BCUT2D eigenvalue weighted by atomic mass is 32.2. The Balaban J connectivity index is 2.17. The van der Waals surface area contributed by atoms with E-state index in [0.29, 0.717) is 5.16 Å². The van der Waals surface area contributed by atoms with E-state index >= 15 is 0 Å². The van der Waals surface area contributed by atoms with Crippen LogP contribution in [0.15, 0.2) is 29.4 Å². The van der Waals surface area contributed by atoms with Gasteiger partial charge in [0.2, 0.25) is 5.16 Å². The van der Waals surface area contributed by atoms with E-state index in [-0.39, 0.29) is 11.3 Å². The van der Waals surface area contributed by atoms with Crippen molar-refractivity contribution in [2.24, 2.45) is 7.05 Å². The highest BCUT2D eigenvalue weighted by Gasteiger charge is 2.32. The number of benzene rings is 1. The van der Waals surface area contributed by atoms with Crippen molar-refractivity contribution in [2.45, 2.75) is 17.1 Å². The van der Waals surface area contributed by atoms with Crippen molar-refractivity contribution in [1.29, 1.82) is 0 Å². The van der Waals surface area contributed by atoms with Crippen LogP contribution >= 0.6 is 11.8 Å². The van der Waals surface area contributed by atoms with Gasteiger partial charge in [0.05, 0.1) is 5.56 Å². The molecule has 0 fully saturated rings. The van der Waals surface area contributed by atoms with Crippen LogP contribution in [-0.4, -0.2) is 20.2 Å². The van der Waals surface area contributed by atoms with E-state index < -0.39 is 11.7 Å². The van der Waals surface area contributed by atoms with Crippen molar-refractivity contribution < 1.29 is 13.2 Å². The highest BCUT2D eigenvalue weighted by molar-refractivity contribution is 7.98. The molecule has 0 atom stereocenters. The summed E-state index contributed by atoms with van der Waals surface area (Å²) in [6.45, 7) is 0. The summed E-state index contributed by atoms with van der Waals surface area (Å²) in [6.07, 6.45) is -4.34. The van der Waals surface area contributed by atoms with E-state index in [0.717, 1.165) is 17.8 Å². The second-order valence-electron chi connectivity index (χ2n) is 3.53. The molecule has 4 nitrogen and oxygen atoms in total. The number of halogens is 3. The molecule has 2 rings (SSSR count). The van der Waals surface area contributed by atoms with Crippen LogP contribution in [-0.2, 0) is 19.0 Å². The third kappa shape index (κ3) is 2.81. The minimum absolute atomic E-state index is 0.171. The molecular formula is C10H9F3N4S. The fraction of sp³-hybridized carbons (Fsp3) is 0.300. The van der Waals surface area contributed by atoms with E-state index in [4.69, 9.17) is 0 Å². The van der Waals surface area contributed by atoms with Gasteiger partial charge in [-0.25, -0.2) is 4.68 Å². The summed E-state index contributed by atoms with van der Waals surface area (Å²) in [5.74, 6) is 0.171. The molecule has 96 valence electrons. The number of thioether (sulfide) groups is 1. The monoisotopic (exact) mass is 274 g/mol. The SMILES string of the molecule is Cn1nnnc1SCc1ccccc1C(F)(F)F. The maximum absolute atomic E-state index is 12.7. The van der Waals surface area contributed by atoms with Gasteiger partial charge in [-0.2, -0.15) is 13.2 Å². The van der Waals surface area contributed by atoms with Crippen molar-refractivity contribution >= 4 is 11.8 Å². The molecule has 2 aromatic rings. The van der Waals surface area contributed by atoms with Crippen LogP contribution in [0.5, 0.6) is 0 Å². The summed E-state index contributed by atoms with van der Waals surface area (Å²) in [5.41, 5.74) is -0.398. The highest BCUT2D eigenvalue weighted by Crippen LogP contribution is 2.34. The van der Waals surface area contributed by atoms with Crippen molar-refractivity contribution in [3.05, 3.63) is 35.4 Å². The van der Waals surface area contributed by atoms with Gasteiger partial charge >= 0.3 is 6.18 Å². The van der Waals surface area contributed by atoms with Crippen LogP contribution in [0.1, 0.15) is 11.1 Å². The lowest BCUT2D eigenvalue weighted by Crippen LogP contribution is -2.08. The average molecular weight is 274 g/mol. The van der Waals surface area contributed by atoms with Gasteiger partial charge in [0.1, 0.15) is 0 Å². The molecule has 0 aliphatic heterocycles. The normalized spacial score (nSPS) is 11.8. The Bertz CT molecular complexity index is 538. The maximum Gasteiger partial charge on any atom is 0.416 e. The molecule has 0 saturated heterocycles. The predicted octanol–water partition coefficient (Wildman–Crippen LogP) is 2.52. The Morgan fingerprint density at radius 1 is 1.28 bits per heavy atom. The molecule has 1 aromatic carbocycles. The first-order valence-electron chi connectivity index (χ1n) is 4.99. The summed E-state index contributed by atoms with van der Waals surface area (Å²) in [6, 6.07) is 5.49. The molecule has 0 amide bonds. The zero-order valence-corrected chi connectivity index (χ0v) is 10.2. The number of hydrogen-bond donors (Lipinski definition) is 0. The van der Waals surface area contributed by atoms with Gasteiger partial charge in [-0.1, -0.05) is 30.0 Å². The molecule has 0 bridgehead atoms. The van der Waals surface area contributed by atoms with E-state index in [1.807, 2.05) is 0 Å². The summed E-state index contributed by atoms with van der Waals surface area (Å²) in [5, 5.41) is 11.2. The molecule has 1 aromatic heterocycles. The number of rotatable bonds is 3. The summed E-state index contributed by atoms with van der Waals surface area (Å²) >= 11 is 1.16. The van der Waals surface area contributed by atoms with Gasteiger partial charge in [0.25, 0.3) is 0 Å². The number of hydrogen-bond acceptors (Lipinski definition) is 4. The van der Waals surface area contributed by atoms with Gasteiger partial charge in [0.15, 0.2) is 0 Å². The maximum atomic E-state index is 12.7. The Morgan fingerprint density at radius 2 is 2.00 bits per heavy atom. The van der Waals surface area contributed by atoms with Crippen LogP contribution in [0.25, 0.3) is 0 Å². The van der Waals surface area contributed by atoms with Crippen LogP contribution in [0, 0.1) is 0 Å². The second kappa shape index (κ2) is 4.97. The largest absolute Gasteiger partial charge is 0.416 e. The predicted molar refractivity (Wildman–Crippen MR) is 59.8 cm³/mol. The fourth-order valence-corrected chi connectivity index (χ4v) is 2.26. The third-order valence-corrected chi connectivity index (χ3v) is 3.32. The standard InChI is InChI=1S/C10H9F3N4S/c1-17-9(14-15-16-17)18-6-7-4-2-3-5-8(7)10(11,12)13/h2-5H,6H2,1H3. The summed E-state index contributed by atoms with van der Waals surface area (Å²) in [7, 11) is 1.64.